The third-order valence-corrected chi connectivity index (χ3v) is 12.9. The Morgan fingerprint density at radius 2 is 0.909 bits per heavy atom. The van der Waals surface area contributed by atoms with Crippen molar-refractivity contribution in [1.82, 2.24) is 0 Å². The van der Waals surface area contributed by atoms with Crippen molar-refractivity contribution in [3.05, 3.63) is 0 Å². The van der Waals surface area contributed by atoms with E-state index in [-0.39, 0.29) is 32.4 Å². The third kappa shape index (κ3) is 4.80. The molecule has 0 aliphatic carbocycles. The molecule has 0 aliphatic heterocycles. The first kappa shape index (κ1) is 17.5. The van der Waals surface area contributed by atoms with Gasteiger partial charge in [-0.1, -0.05) is 54.9 Å². The highest BCUT2D eigenvalue weighted by Crippen LogP contribution is 2.31. The summed E-state index contributed by atoms with van der Waals surface area (Å²) in [5.41, 5.74) is 0. The predicted molar refractivity (Wildman–Crippen MR) is 65.3 cm³/mol. The molecule has 0 aromatic carbocycles. The molecule has 0 aliphatic rings. The molecule has 0 fully saturated rings. The Morgan fingerprint density at radius 3 is 0.909 bits per heavy atom. The molecule has 0 saturated heterocycles. The average Bonchev–Trinajstić information content (AvgIpc) is 1.65. The highest BCUT2D eigenvalue weighted by Gasteiger charge is 2.27. The highest BCUT2D eigenvalue weighted by atomic mass is 28.3. The summed E-state index contributed by atoms with van der Waals surface area (Å²) in [6.07, 6.45) is 0. The van der Waals surface area contributed by atoms with Gasteiger partial charge in [-0.15, -0.1) is 0 Å². The molecular formula is C9H28Si2. The second-order valence-corrected chi connectivity index (χ2v) is 12.4. The quantitative estimate of drug-likeness (QED) is 0.587. The van der Waals surface area contributed by atoms with Gasteiger partial charge in [-0.05, 0) is 4.66 Å². The minimum atomic E-state index is -0.376. The normalized spacial score (nSPS) is 10.9. The molecule has 0 radical (unpaired) electrons. The first-order chi connectivity index (χ1) is 3.89. The second-order valence-electron chi connectivity index (χ2n) is 4.13. The van der Waals surface area contributed by atoms with Crippen LogP contribution in [-0.2, 0) is 0 Å². The first-order valence-corrected chi connectivity index (χ1v) is 9.66. The van der Waals surface area contributed by atoms with Crippen LogP contribution in [0.5, 0.6) is 0 Å². The molecule has 0 atom stereocenters. The topological polar surface area (TPSA) is 0 Å². The molecule has 0 spiro atoms. The molecule has 0 aromatic rings. The van der Waals surface area contributed by atoms with E-state index in [4.69, 9.17) is 0 Å². The fraction of sp³-hybridized carbons (Fsp3) is 1.00. The van der Waals surface area contributed by atoms with Crippen molar-refractivity contribution >= 4 is 17.6 Å². The van der Waals surface area contributed by atoms with E-state index in [0.29, 0.717) is 0 Å². The Morgan fingerprint density at radius 1 is 0.727 bits per heavy atom. The van der Waals surface area contributed by atoms with Crippen LogP contribution in [0.25, 0.3) is 0 Å². The van der Waals surface area contributed by atoms with Crippen molar-refractivity contribution in [3.63, 3.8) is 0 Å². The van der Waals surface area contributed by atoms with Crippen LogP contribution in [0.3, 0.4) is 0 Å². The lowest BCUT2D eigenvalue weighted by atomic mass is 10.5. The molecule has 0 heterocycles. The Labute approximate surface area is 77.6 Å². The number of hydrogen-bond donors (Lipinski definition) is 0. The Kier molecular flexibility index (Phi) is 9.56. The van der Waals surface area contributed by atoms with E-state index in [9.17, 15) is 0 Å². The maximum Gasteiger partial charge on any atom is 0.0333 e. The van der Waals surface area contributed by atoms with Gasteiger partial charge in [0.15, 0.2) is 0 Å². The van der Waals surface area contributed by atoms with E-state index in [0.717, 1.165) is 4.66 Å². The molecule has 0 nitrogen and oxygen atoms in total. The largest absolute Gasteiger partial charge is 0.0776 e. The van der Waals surface area contributed by atoms with Gasteiger partial charge >= 0.3 is 0 Å². The molecule has 11 heavy (non-hydrogen) atoms. The van der Waals surface area contributed by atoms with Crippen molar-refractivity contribution in [2.45, 2.75) is 59.6 Å². The zero-order valence-corrected chi connectivity index (χ0v) is 9.96. The summed E-state index contributed by atoms with van der Waals surface area (Å²) in [4.78, 5) is 0. The molecule has 0 unspecified atom stereocenters. The van der Waals surface area contributed by atoms with Crippen molar-refractivity contribution < 1.29 is 0 Å². The van der Waals surface area contributed by atoms with Crippen LogP contribution in [0.15, 0.2) is 0 Å². The molecule has 2 heteroatoms. The monoisotopic (exact) mass is 192 g/mol. The molecule has 72 valence electrons. The fourth-order valence-electron chi connectivity index (χ4n) is 0.667. The highest BCUT2D eigenvalue weighted by molar-refractivity contribution is 6.80. The van der Waals surface area contributed by atoms with Gasteiger partial charge in [0.05, 0.1) is 0 Å². The summed E-state index contributed by atoms with van der Waals surface area (Å²) in [6.45, 7) is 14.8. The van der Waals surface area contributed by atoms with Gasteiger partial charge in [0.1, 0.15) is 0 Å². The minimum absolute atomic E-state index is 0. The summed E-state index contributed by atoms with van der Waals surface area (Å²) in [5.74, 6) is 0. The van der Waals surface area contributed by atoms with Gasteiger partial charge in [-0.2, -0.15) is 0 Å². The molecule has 0 amide bonds. The van der Waals surface area contributed by atoms with Gasteiger partial charge in [-0.25, -0.2) is 0 Å². The van der Waals surface area contributed by atoms with Crippen molar-refractivity contribution in [2.75, 3.05) is 0 Å². The maximum atomic E-state index is 2.47. The van der Waals surface area contributed by atoms with Crippen molar-refractivity contribution in [2.24, 2.45) is 0 Å². The molecular weight excluding hydrogens is 164 g/mol. The van der Waals surface area contributed by atoms with Gasteiger partial charge in [0.25, 0.3) is 0 Å². The molecule has 0 saturated carbocycles. The first-order valence-electron chi connectivity index (χ1n) is 3.89. The zero-order valence-electron chi connectivity index (χ0n) is 7.65. The van der Waals surface area contributed by atoms with E-state index < -0.39 is 0 Å². The van der Waals surface area contributed by atoms with E-state index in [2.05, 4.69) is 40.0 Å². The standard InChI is InChI=1S/C7H20Si2.2CH4/c1-7(2,8(3)4)9(5)6;;/h8-9H,1-6H3;2*1H4. The summed E-state index contributed by atoms with van der Waals surface area (Å²) >= 11 is 0. The van der Waals surface area contributed by atoms with E-state index >= 15 is 0 Å². The summed E-state index contributed by atoms with van der Waals surface area (Å²) < 4.78 is 0.778. The molecule has 0 bridgehead atoms. The molecule has 0 rings (SSSR count). The second kappa shape index (κ2) is 6.01. The van der Waals surface area contributed by atoms with Crippen LogP contribution in [0.4, 0.5) is 0 Å². The van der Waals surface area contributed by atoms with Crippen molar-refractivity contribution in [3.8, 4) is 0 Å². The van der Waals surface area contributed by atoms with Gasteiger partial charge in [-0.3, -0.25) is 0 Å². The lowest BCUT2D eigenvalue weighted by Gasteiger charge is -2.31. The lowest BCUT2D eigenvalue weighted by Crippen LogP contribution is -2.32. The molecule has 0 N–H and O–H groups in total. The number of hydrogen-bond acceptors (Lipinski definition) is 0. The van der Waals surface area contributed by atoms with Gasteiger partial charge in [0, 0.05) is 17.6 Å². The lowest BCUT2D eigenvalue weighted by molar-refractivity contribution is 0.906. The van der Waals surface area contributed by atoms with E-state index in [1.165, 1.54) is 0 Å². The Bertz CT molecular complexity index is 75.6. The van der Waals surface area contributed by atoms with Crippen LogP contribution in [0.2, 0.25) is 30.8 Å². The van der Waals surface area contributed by atoms with Crippen LogP contribution in [0, 0.1) is 0 Å². The average molecular weight is 192 g/mol. The summed E-state index contributed by atoms with van der Waals surface area (Å²) in [6, 6.07) is 0. The predicted octanol–water partition coefficient (Wildman–Crippen LogP) is 3.55. The SMILES string of the molecule is C.C.C[SiH](C)C(C)(C)[SiH](C)C. The smallest absolute Gasteiger partial charge is 0.0333 e. The minimum Gasteiger partial charge on any atom is -0.0776 e. The Balaban J connectivity index is -0.000000320. The Hall–Kier alpha value is 0.434. The summed E-state index contributed by atoms with van der Waals surface area (Å²) in [5, 5.41) is 0. The van der Waals surface area contributed by atoms with Crippen LogP contribution < -0.4 is 0 Å². The van der Waals surface area contributed by atoms with E-state index in [1.807, 2.05) is 0 Å². The third-order valence-electron chi connectivity index (χ3n) is 2.98. The van der Waals surface area contributed by atoms with E-state index in [1.54, 1.807) is 0 Å². The van der Waals surface area contributed by atoms with Gasteiger partial charge < -0.3 is 0 Å². The van der Waals surface area contributed by atoms with Crippen LogP contribution in [-0.4, -0.2) is 17.6 Å². The van der Waals surface area contributed by atoms with Crippen LogP contribution >= 0.6 is 0 Å². The van der Waals surface area contributed by atoms with Crippen LogP contribution in [0.1, 0.15) is 28.7 Å². The zero-order chi connectivity index (χ0) is 7.65. The maximum absolute atomic E-state index is 2.47. The van der Waals surface area contributed by atoms with Gasteiger partial charge in [0.2, 0.25) is 0 Å². The number of rotatable bonds is 2. The summed E-state index contributed by atoms with van der Waals surface area (Å²) in [7, 11) is -0.752. The molecule has 0 aromatic heterocycles. The fourth-order valence-corrected chi connectivity index (χ4v) is 6.00. The van der Waals surface area contributed by atoms with Crippen molar-refractivity contribution in [1.29, 1.82) is 0 Å².